The Bertz CT molecular complexity index is 1010. The second-order valence-electron chi connectivity index (χ2n) is 6.21. The molecule has 0 unspecified atom stereocenters. The fraction of sp³-hybridized carbons (Fsp3) is 0.130. The Hall–Kier alpha value is -3.32. The molecule has 0 saturated heterocycles. The fourth-order valence-corrected chi connectivity index (χ4v) is 2.79. The predicted molar refractivity (Wildman–Crippen MR) is 119 cm³/mol. The van der Waals surface area contributed by atoms with Crippen molar-refractivity contribution >= 4 is 28.1 Å². The van der Waals surface area contributed by atoms with Gasteiger partial charge in [-0.15, -0.1) is 0 Å². The lowest BCUT2D eigenvalue weighted by atomic mass is 10.2. The van der Waals surface area contributed by atoms with Crippen LogP contribution in [0.1, 0.15) is 11.1 Å². The fourth-order valence-electron chi connectivity index (χ4n) is 2.53. The smallest absolute Gasteiger partial charge is 0.277 e. The van der Waals surface area contributed by atoms with Gasteiger partial charge in [-0.1, -0.05) is 40.2 Å². The predicted octanol–water partition coefficient (Wildman–Crippen LogP) is 4.57. The maximum atomic E-state index is 11.9. The number of carbonyl (C=O) groups is 1. The summed E-state index contributed by atoms with van der Waals surface area (Å²) in [4.78, 5) is 11.9. The molecule has 6 nitrogen and oxygen atoms in total. The molecule has 3 rings (SSSR count). The molecule has 7 heteroatoms. The molecular weight excluding hydrogens is 448 g/mol. The SMILES string of the molecule is COc1cccc(COc2ccccc2/C=N\NC(=O)COc2ccc(Br)cc2)c1. The summed E-state index contributed by atoms with van der Waals surface area (Å²) in [5.41, 5.74) is 4.18. The van der Waals surface area contributed by atoms with Crippen LogP contribution in [0.25, 0.3) is 0 Å². The van der Waals surface area contributed by atoms with E-state index < -0.39 is 0 Å². The minimum absolute atomic E-state index is 0.132. The number of benzene rings is 3. The van der Waals surface area contributed by atoms with E-state index in [4.69, 9.17) is 14.2 Å². The van der Waals surface area contributed by atoms with Crippen molar-refractivity contribution in [2.45, 2.75) is 6.61 Å². The second kappa shape index (κ2) is 11.0. The van der Waals surface area contributed by atoms with Gasteiger partial charge in [0.2, 0.25) is 0 Å². The van der Waals surface area contributed by atoms with Gasteiger partial charge in [0.25, 0.3) is 5.91 Å². The Balaban J connectivity index is 1.52. The van der Waals surface area contributed by atoms with Crippen LogP contribution in [0.3, 0.4) is 0 Å². The summed E-state index contributed by atoms with van der Waals surface area (Å²) in [6, 6.07) is 22.4. The number of hydrogen-bond donors (Lipinski definition) is 1. The number of hydrazone groups is 1. The highest BCUT2D eigenvalue weighted by molar-refractivity contribution is 9.10. The normalized spacial score (nSPS) is 10.6. The van der Waals surface area contributed by atoms with E-state index in [1.165, 1.54) is 0 Å². The number of nitrogens with zero attached hydrogens (tertiary/aromatic N) is 1. The van der Waals surface area contributed by atoms with Crippen LogP contribution in [0.15, 0.2) is 82.4 Å². The Labute approximate surface area is 183 Å². The van der Waals surface area contributed by atoms with E-state index in [0.29, 0.717) is 18.1 Å². The van der Waals surface area contributed by atoms with Gasteiger partial charge in [0.15, 0.2) is 6.61 Å². The van der Waals surface area contributed by atoms with Crippen molar-refractivity contribution < 1.29 is 19.0 Å². The number of methoxy groups -OCH3 is 1. The van der Waals surface area contributed by atoms with Gasteiger partial charge in [0.1, 0.15) is 23.9 Å². The van der Waals surface area contributed by atoms with Gasteiger partial charge in [-0.25, -0.2) is 5.43 Å². The molecule has 0 bridgehead atoms. The Kier molecular flexibility index (Phi) is 7.86. The van der Waals surface area contributed by atoms with Gasteiger partial charge in [-0.2, -0.15) is 5.10 Å². The lowest BCUT2D eigenvalue weighted by molar-refractivity contribution is -0.123. The maximum absolute atomic E-state index is 11.9. The number of hydrogen-bond acceptors (Lipinski definition) is 5. The highest BCUT2D eigenvalue weighted by Crippen LogP contribution is 2.19. The van der Waals surface area contributed by atoms with Gasteiger partial charge in [0.05, 0.1) is 13.3 Å². The molecule has 30 heavy (non-hydrogen) atoms. The van der Waals surface area contributed by atoms with Gasteiger partial charge >= 0.3 is 0 Å². The Morgan fingerprint density at radius 2 is 1.80 bits per heavy atom. The monoisotopic (exact) mass is 468 g/mol. The molecule has 3 aromatic rings. The third kappa shape index (κ3) is 6.63. The van der Waals surface area contributed by atoms with Crippen molar-refractivity contribution in [3.05, 3.63) is 88.4 Å². The van der Waals surface area contributed by atoms with Crippen LogP contribution < -0.4 is 19.6 Å². The number of halogens is 1. The third-order valence-corrected chi connectivity index (χ3v) is 4.55. The standard InChI is InChI=1S/C23H21BrN2O4/c1-28-21-7-4-5-17(13-21)15-30-22-8-3-2-6-18(22)14-25-26-23(27)16-29-20-11-9-19(24)10-12-20/h2-14H,15-16H2,1H3,(H,26,27)/b25-14-. The van der Waals surface area contributed by atoms with E-state index in [1.807, 2.05) is 60.7 Å². The summed E-state index contributed by atoms with van der Waals surface area (Å²) in [7, 11) is 1.63. The lowest BCUT2D eigenvalue weighted by Gasteiger charge is -2.10. The van der Waals surface area contributed by atoms with E-state index in [2.05, 4.69) is 26.5 Å². The minimum Gasteiger partial charge on any atom is -0.497 e. The van der Waals surface area contributed by atoms with E-state index in [9.17, 15) is 4.79 Å². The summed E-state index contributed by atoms with van der Waals surface area (Å²) in [5.74, 6) is 1.68. The summed E-state index contributed by atoms with van der Waals surface area (Å²) in [5, 5.41) is 4.00. The topological polar surface area (TPSA) is 69.2 Å². The van der Waals surface area contributed by atoms with Crippen molar-refractivity contribution in [2.24, 2.45) is 5.10 Å². The molecule has 0 radical (unpaired) electrons. The molecule has 154 valence electrons. The van der Waals surface area contributed by atoms with Crippen molar-refractivity contribution in [1.29, 1.82) is 0 Å². The Morgan fingerprint density at radius 3 is 2.60 bits per heavy atom. The van der Waals surface area contributed by atoms with E-state index >= 15 is 0 Å². The number of para-hydroxylation sites is 1. The zero-order chi connectivity index (χ0) is 21.2. The van der Waals surface area contributed by atoms with Crippen molar-refractivity contribution in [1.82, 2.24) is 5.43 Å². The number of rotatable bonds is 9. The van der Waals surface area contributed by atoms with E-state index in [1.54, 1.807) is 25.5 Å². The van der Waals surface area contributed by atoms with Crippen LogP contribution in [0, 0.1) is 0 Å². The molecule has 0 aliphatic carbocycles. The molecule has 0 saturated carbocycles. The van der Waals surface area contributed by atoms with Crippen LogP contribution in [-0.2, 0) is 11.4 Å². The van der Waals surface area contributed by atoms with Crippen LogP contribution >= 0.6 is 15.9 Å². The van der Waals surface area contributed by atoms with Crippen molar-refractivity contribution in [2.75, 3.05) is 13.7 Å². The molecule has 0 spiro atoms. The molecule has 0 aliphatic heterocycles. The van der Waals surface area contributed by atoms with Gasteiger partial charge in [0, 0.05) is 10.0 Å². The van der Waals surface area contributed by atoms with Crippen LogP contribution in [0.5, 0.6) is 17.2 Å². The van der Waals surface area contributed by atoms with Crippen molar-refractivity contribution in [3.63, 3.8) is 0 Å². The number of ether oxygens (including phenoxy) is 3. The van der Waals surface area contributed by atoms with Gasteiger partial charge in [-0.3, -0.25) is 4.79 Å². The Morgan fingerprint density at radius 1 is 1.00 bits per heavy atom. The zero-order valence-electron chi connectivity index (χ0n) is 16.4. The van der Waals surface area contributed by atoms with E-state index in [-0.39, 0.29) is 12.5 Å². The number of nitrogens with one attached hydrogen (secondary N) is 1. The minimum atomic E-state index is -0.357. The number of amides is 1. The summed E-state index contributed by atoms with van der Waals surface area (Å²) < 4.78 is 17.5. The zero-order valence-corrected chi connectivity index (χ0v) is 18.0. The molecule has 0 fully saturated rings. The second-order valence-corrected chi connectivity index (χ2v) is 7.13. The first-order valence-corrected chi connectivity index (χ1v) is 9.98. The largest absolute Gasteiger partial charge is 0.497 e. The van der Waals surface area contributed by atoms with Crippen LogP contribution in [-0.4, -0.2) is 25.8 Å². The molecule has 0 aliphatic rings. The molecule has 3 aromatic carbocycles. The quantitative estimate of drug-likeness (QED) is 0.369. The first-order chi connectivity index (χ1) is 14.6. The highest BCUT2D eigenvalue weighted by atomic mass is 79.9. The maximum Gasteiger partial charge on any atom is 0.277 e. The van der Waals surface area contributed by atoms with Crippen LogP contribution in [0.2, 0.25) is 0 Å². The third-order valence-electron chi connectivity index (χ3n) is 4.02. The summed E-state index contributed by atoms with van der Waals surface area (Å²) >= 11 is 3.35. The van der Waals surface area contributed by atoms with Gasteiger partial charge in [-0.05, 0) is 54.1 Å². The van der Waals surface area contributed by atoms with Gasteiger partial charge < -0.3 is 14.2 Å². The average Bonchev–Trinajstić information content (AvgIpc) is 2.78. The summed E-state index contributed by atoms with van der Waals surface area (Å²) in [6.45, 7) is 0.252. The summed E-state index contributed by atoms with van der Waals surface area (Å²) in [6.07, 6.45) is 1.54. The molecule has 0 aromatic heterocycles. The molecule has 0 heterocycles. The first-order valence-electron chi connectivity index (χ1n) is 9.19. The molecule has 0 atom stereocenters. The average molecular weight is 469 g/mol. The van der Waals surface area contributed by atoms with E-state index in [0.717, 1.165) is 21.3 Å². The van der Waals surface area contributed by atoms with Crippen molar-refractivity contribution in [3.8, 4) is 17.2 Å². The molecule has 1 amide bonds. The molecular formula is C23H21BrN2O4. The number of carbonyl (C=O) groups excluding carboxylic acids is 1. The van der Waals surface area contributed by atoms with Crippen LogP contribution in [0.4, 0.5) is 0 Å². The highest BCUT2D eigenvalue weighted by Gasteiger charge is 2.04. The first kappa shape index (κ1) is 21.4. The molecule has 1 N–H and O–H groups in total. The lowest BCUT2D eigenvalue weighted by Crippen LogP contribution is -2.24.